The van der Waals surface area contributed by atoms with Crippen molar-refractivity contribution in [2.45, 2.75) is 35.1 Å². The number of carbonyl (C=O) groups excluding carboxylic acids is 1. The molecule has 2 aromatic carbocycles. The molecule has 3 rings (SSSR count). The molecule has 0 radical (unpaired) electrons. The first-order valence-corrected chi connectivity index (χ1v) is 12.0. The zero-order valence-electron chi connectivity index (χ0n) is 19.1. The summed E-state index contributed by atoms with van der Waals surface area (Å²) in [6, 6.07) is 10.1. The molecule has 1 aliphatic heterocycles. The van der Waals surface area contributed by atoms with Crippen LogP contribution in [0.1, 0.15) is 12.8 Å². The Morgan fingerprint density at radius 2 is 1.56 bits per heavy atom. The summed E-state index contributed by atoms with van der Waals surface area (Å²) in [4.78, 5) is 12.9. The second kappa shape index (κ2) is 12.1. The van der Waals surface area contributed by atoms with E-state index in [2.05, 4.69) is 20.1 Å². The second-order valence-electron chi connectivity index (χ2n) is 7.74. The molecule has 1 atom stereocenters. The molecule has 1 amide bonds. The average Bonchev–Trinajstić information content (AvgIpc) is 2.83. The lowest BCUT2D eigenvalue weighted by molar-refractivity contribution is -0.274. The van der Waals surface area contributed by atoms with Gasteiger partial charge in [0.05, 0.1) is 11.4 Å². The number of aliphatic hydroxyl groups excluding tert-OH is 1. The van der Waals surface area contributed by atoms with Crippen LogP contribution in [0, 0.1) is 0 Å². The van der Waals surface area contributed by atoms with Crippen molar-refractivity contribution >= 4 is 28.2 Å². The maximum Gasteiger partial charge on any atom is 0.573 e. The molecule has 0 bridgehead atoms. The van der Waals surface area contributed by atoms with Gasteiger partial charge in [0.2, 0.25) is 5.91 Å². The minimum Gasteiger partial charge on any atom is -0.457 e. The van der Waals surface area contributed by atoms with Crippen molar-refractivity contribution in [3.63, 3.8) is 0 Å². The van der Waals surface area contributed by atoms with Crippen LogP contribution < -0.4 is 20.1 Å². The molecule has 3 N–H and O–H groups in total. The summed E-state index contributed by atoms with van der Waals surface area (Å²) in [5.41, 5.74) is 0. The highest BCUT2D eigenvalue weighted by Crippen LogP contribution is 2.35. The van der Waals surface area contributed by atoms with Gasteiger partial charge < -0.3 is 30.0 Å². The molecular weight excluding hydrogens is 529 g/mol. The lowest BCUT2D eigenvalue weighted by Crippen LogP contribution is -2.58. The van der Waals surface area contributed by atoms with E-state index in [-0.39, 0.29) is 48.2 Å². The van der Waals surface area contributed by atoms with Gasteiger partial charge in [-0.2, -0.15) is 0 Å². The van der Waals surface area contributed by atoms with Gasteiger partial charge in [0, 0.05) is 7.11 Å². The maximum absolute atomic E-state index is 13.6. The largest absolute Gasteiger partial charge is 0.573 e. The van der Waals surface area contributed by atoms with Crippen LogP contribution in [0.4, 0.5) is 13.2 Å². The van der Waals surface area contributed by atoms with E-state index in [1.165, 1.54) is 43.5 Å². The van der Waals surface area contributed by atoms with Gasteiger partial charge in [-0.15, -0.1) is 25.6 Å². The third kappa shape index (κ3) is 7.01. The SMILES string of the molecule is COC(O)CNC(=O)C1(S(=O)(=O)c2ccc(Oc3ccc(OC(F)(F)F)cc3)cc2)CCNCC1.Cl. The molecule has 14 heteroatoms. The highest BCUT2D eigenvalue weighted by Gasteiger charge is 2.51. The Bertz CT molecular complexity index is 1110. The van der Waals surface area contributed by atoms with Gasteiger partial charge in [-0.3, -0.25) is 4.79 Å². The summed E-state index contributed by atoms with van der Waals surface area (Å²) in [6.45, 7) is 0.364. The molecule has 0 aliphatic carbocycles. The molecule has 1 unspecified atom stereocenters. The number of amides is 1. The van der Waals surface area contributed by atoms with E-state index in [1.807, 2.05) is 0 Å². The summed E-state index contributed by atoms with van der Waals surface area (Å²) in [6.07, 6.45) is -6.01. The van der Waals surface area contributed by atoms with Crippen LogP contribution in [-0.4, -0.2) is 63.6 Å². The van der Waals surface area contributed by atoms with Gasteiger partial charge in [0.15, 0.2) is 20.9 Å². The highest BCUT2D eigenvalue weighted by atomic mass is 35.5. The van der Waals surface area contributed by atoms with Gasteiger partial charge in [0.1, 0.15) is 17.2 Å². The number of benzene rings is 2. The number of nitrogens with one attached hydrogen (secondary N) is 2. The third-order valence-corrected chi connectivity index (χ3v) is 7.99. The molecule has 36 heavy (non-hydrogen) atoms. The number of hydrogen-bond acceptors (Lipinski definition) is 8. The van der Waals surface area contributed by atoms with Gasteiger partial charge in [-0.25, -0.2) is 8.42 Å². The normalized spacial score (nSPS) is 16.4. The molecule has 0 spiro atoms. The quantitative estimate of drug-likeness (QED) is 0.404. The fraction of sp³-hybridized carbons (Fsp3) is 0.409. The zero-order chi connectivity index (χ0) is 25.7. The minimum atomic E-state index is -4.81. The van der Waals surface area contributed by atoms with E-state index >= 15 is 0 Å². The lowest BCUT2D eigenvalue weighted by atomic mass is 9.96. The Labute approximate surface area is 212 Å². The number of ether oxygens (including phenoxy) is 3. The minimum absolute atomic E-state index is 0. The predicted octanol–water partition coefficient (Wildman–Crippen LogP) is 2.78. The summed E-state index contributed by atoms with van der Waals surface area (Å²) in [5.74, 6) is -0.687. The predicted molar refractivity (Wildman–Crippen MR) is 125 cm³/mol. The lowest BCUT2D eigenvalue weighted by Gasteiger charge is -2.35. The number of hydrogen-bond donors (Lipinski definition) is 3. The van der Waals surface area contributed by atoms with Crippen LogP contribution in [0.15, 0.2) is 53.4 Å². The number of sulfone groups is 1. The number of carbonyl (C=O) groups is 1. The van der Waals surface area contributed by atoms with E-state index in [9.17, 15) is 31.5 Å². The van der Waals surface area contributed by atoms with Gasteiger partial charge in [-0.05, 0) is 74.5 Å². The van der Waals surface area contributed by atoms with Gasteiger partial charge in [-0.1, -0.05) is 0 Å². The first kappa shape index (κ1) is 29.6. The zero-order valence-corrected chi connectivity index (χ0v) is 20.7. The van der Waals surface area contributed by atoms with E-state index in [1.54, 1.807) is 0 Å². The van der Waals surface area contributed by atoms with Gasteiger partial charge >= 0.3 is 6.36 Å². The number of aliphatic hydroxyl groups is 1. The van der Waals surface area contributed by atoms with Crippen molar-refractivity contribution in [1.29, 1.82) is 0 Å². The Kier molecular flexibility index (Phi) is 9.97. The van der Waals surface area contributed by atoms with Crippen molar-refractivity contribution in [3.05, 3.63) is 48.5 Å². The molecule has 0 aromatic heterocycles. The van der Waals surface area contributed by atoms with Crippen LogP contribution in [0.5, 0.6) is 17.2 Å². The fourth-order valence-electron chi connectivity index (χ4n) is 3.63. The molecular formula is C22H26ClF3N2O7S. The molecule has 0 saturated carbocycles. The maximum atomic E-state index is 13.6. The Hall–Kier alpha value is -2.58. The molecule has 1 aliphatic rings. The third-order valence-electron chi connectivity index (χ3n) is 5.48. The Morgan fingerprint density at radius 3 is 2.06 bits per heavy atom. The standard InChI is InChI=1S/C22H25F3N2O7S.ClH/c1-32-19(28)14-27-20(29)21(10-12-26-13-11-21)35(30,31)18-8-6-16(7-9-18)33-15-2-4-17(5-3-15)34-22(23,24)25;/h2-9,19,26,28H,10-14H2,1H3,(H,27,29);1H. The van der Waals surface area contributed by atoms with E-state index in [0.29, 0.717) is 13.1 Å². The van der Waals surface area contributed by atoms with Crippen molar-refractivity contribution in [1.82, 2.24) is 10.6 Å². The number of alkyl halides is 3. The smallest absolute Gasteiger partial charge is 0.457 e. The Balaban J connectivity index is 0.00000456. The van der Waals surface area contributed by atoms with E-state index in [0.717, 1.165) is 12.1 Å². The first-order valence-electron chi connectivity index (χ1n) is 10.6. The second-order valence-corrected chi connectivity index (χ2v) is 10.0. The van der Waals surface area contributed by atoms with Crippen LogP contribution in [0.25, 0.3) is 0 Å². The summed E-state index contributed by atoms with van der Waals surface area (Å²) in [5, 5.41) is 15.0. The van der Waals surface area contributed by atoms with Crippen molar-refractivity contribution in [2.24, 2.45) is 0 Å². The Morgan fingerprint density at radius 1 is 1.06 bits per heavy atom. The number of rotatable bonds is 9. The topological polar surface area (TPSA) is 123 Å². The average molecular weight is 555 g/mol. The molecule has 1 saturated heterocycles. The van der Waals surface area contributed by atoms with Crippen molar-refractivity contribution < 1.29 is 45.7 Å². The molecule has 9 nitrogen and oxygen atoms in total. The number of methoxy groups -OCH3 is 1. The first-order chi connectivity index (χ1) is 16.5. The van der Waals surface area contributed by atoms with Gasteiger partial charge in [0.25, 0.3) is 0 Å². The van der Waals surface area contributed by atoms with Crippen LogP contribution in [0.2, 0.25) is 0 Å². The van der Waals surface area contributed by atoms with E-state index in [4.69, 9.17) is 4.74 Å². The number of piperidine rings is 1. The molecule has 2 aromatic rings. The summed E-state index contributed by atoms with van der Waals surface area (Å²) >= 11 is 0. The van der Waals surface area contributed by atoms with E-state index < -0.39 is 38.9 Å². The highest BCUT2D eigenvalue weighted by molar-refractivity contribution is 7.93. The molecule has 200 valence electrons. The molecule has 1 fully saturated rings. The van der Waals surface area contributed by atoms with Crippen LogP contribution in [-0.2, 0) is 19.4 Å². The van der Waals surface area contributed by atoms with Crippen molar-refractivity contribution in [2.75, 3.05) is 26.7 Å². The fourth-order valence-corrected chi connectivity index (χ4v) is 5.63. The monoisotopic (exact) mass is 554 g/mol. The summed E-state index contributed by atoms with van der Waals surface area (Å²) in [7, 11) is -2.89. The van der Waals surface area contributed by atoms with Crippen LogP contribution in [0.3, 0.4) is 0 Å². The van der Waals surface area contributed by atoms with Crippen molar-refractivity contribution in [3.8, 4) is 17.2 Å². The molecule has 1 heterocycles. The summed E-state index contributed by atoms with van der Waals surface area (Å²) < 4.78 is 76.3. The van der Waals surface area contributed by atoms with Crippen LogP contribution >= 0.6 is 12.4 Å². The number of halogens is 4.